The van der Waals surface area contributed by atoms with Crippen LogP contribution in [-0.4, -0.2) is 44.3 Å². The Morgan fingerprint density at radius 2 is 1.92 bits per heavy atom. The van der Waals surface area contributed by atoms with Crippen molar-refractivity contribution < 1.29 is 34.7 Å². The lowest BCUT2D eigenvalue weighted by molar-refractivity contribution is -0.238. The number of hydrogen-bond donors (Lipinski definition) is 4. The van der Waals surface area contributed by atoms with Gasteiger partial charge in [-0.05, 0) is 0 Å². The molecule has 13 heavy (non-hydrogen) atoms. The molecule has 0 radical (unpaired) electrons. The number of aliphatic carboxylic acids is 1. The van der Waals surface area contributed by atoms with Crippen LogP contribution in [0.2, 0.25) is 0 Å². The van der Waals surface area contributed by atoms with Crippen LogP contribution in [0.5, 0.6) is 0 Å². The number of carbonyl (C=O) groups excluding carboxylic acids is 2. The fraction of sp³-hybridized carbons (Fsp3) is 0.400. The zero-order valence-electron chi connectivity index (χ0n) is 6.05. The van der Waals surface area contributed by atoms with Crippen molar-refractivity contribution in [3.63, 3.8) is 0 Å². The molecule has 2 atom stereocenters. The Hall–Kier alpha value is -1.51. The second kappa shape index (κ2) is 2.25. The normalized spacial score (nSPS) is 37.0. The van der Waals surface area contributed by atoms with Gasteiger partial charge in [0.2, 0.25) is 11.3 Å². The van der Waals surface area contributed by atoms with Gasteiger partial charge < -0.3 is 15.9 Å². The molecular weight excluding hydrogens is 186 g/mol. The third-order valence-corrected chi connectivity index (χ3v) is 1.91. The highest BCUT2D eigenvalue weighted by Gasteiger charge is 2.86. The minimum absolute atomic E-state index is 1.42. The van der Waals surface area contributed by atoms with Gasteiger partial charge in [0.15, 0.2) is 0 Å². The third-order valence-electron chi connectivity index (χ3n) is 1.91. The Morgan fingerprint density at radius 3 is 2.15 bits per heavy atom. The molecule has 0 aromatic rings. The molecule has 1 rings (SSSR count). The SMILES string of the molecule is N[C@@]1(C(=O)OO)C(=O)C1(O)C(=O)O. The number of carboxylic acid groups (broad SMARTS) is 1. The van der Waals surface area contributed by atoms with Crippen LogP contribution in [0.1, 0.15) is 0 Å². The van der Waals surface area contributed by atoms with E-state index >= 15 is 0 Å². The second-order valence-corrected chi connectivity index (χ2v) is 2.53. The predicted molar refractivity (Wildman–Crippen MR) is 33.2 cm³/mol. The van der Waals surface area contributed by atoms with Crippen molar-refractivity contribution in [2.45, 2.75) is 11.1 Å². The molecule has 0 aromatic heterocycles. The predicted octanol–water partition coefficient (Wildman–Crippen LogP) is -2.90. The van der Waals surface area contributed by atoms with E-state index in [0.717, 1.165) is 0 Å². The average Bonchev–Trinajstić information content (AvgIpc) is 2.53. The number of nitrogens with two attached hydrogens (primary N) is 1. The van der Waals surface area contributed by atoms with E-state index < -0.39 is 28.9 Å². The van der Waals surface area contributed by atoms with Crippen molar-refractivity contribution in [3.05, 3.63) is 0 Å². The fourth-order valence-corrected chi connectivity index (χ4v) is 0.961. The van der Waals surface area contributed by atoms with Crippen LogP contribution in [0.4, 0.5) is 0 Å². The highest BCUT2D eigenvalue weighted by atomic mass is 17.1. The number of rotatable bonds is 2. The highest BCUT2D eigenvalue weighted by Crippen LogP contribution is 2.42. The quantitative estimate of drug-likeness (QED) is 0.206. The monoisotopic (exact) mass is 191 g/mol. The lowest BCUT2D eigenvalue weighted by Crippen LogP contribution is -2.47. The maximum Gasteiger partial charge on any atom is 0.373 e. The van der Waals surface area contributed by atoms with Gasteiger partial charge in [0.05, 0.1) is 0 Å². The molecular formula is C5H5NO7. The number of hydrogen-bond acceptors (Lipinski definition) is 7. The Morgan fingerprint density at radius 1 is 1.46 bits per heavy atom. The zero-order chi connectivity index (χ0) is 10.4. The number of carbonyl (C=O) groups is 3. The van der Waals surface area contributed by atoms with E-state index in [1.807, 2.05) is 0 Å². The van der Waals surface area contributed by atoms with Crippen molar-refractivity contribution in [2.75, 3.05) is 0 Å². The van der Waals surface area contributed by atoms with E-state index in [0.29, 0.717) is 0 Å². The molecule has 0 aromatic carbocycles. The molecule has 0 heterocycles. The number of aliphatic hydroxyl groups is 1. The van der Waals surface area contributed by atoms with Gasteiger partial charge in [0.25, 0.3) is 5.60 Å². The summed E-state index contributed by atoms with van der Waals surface area (Å²) in [5, 5.41) is 25.2. The summed E-state index contributed by atoms with van der Waals surface area (Å²) in [6.45, 7) is 0. The Bertz CT molecular complexity index is 312. The summed E-state index contributed by atoms with van der Waals surface area (Å²) in [7, 11) is 0. The van der Waals surface area contributed by atoms with Gasteiger partial charge in [-0.1, -0.05) is 0 Å². The topological polar surface area (TPSA) is 147 Å². The van der Waals surface area contributed by atoms with Crippen molar-refractivity contribution >= 4 is 17.7 Å². The smallest absolute Gasteiger partial charge is 0.373 e. The first kappa shape index (κ1) is 9.58. The van der Waals surface area contributed by atoms with Crippen LogP contribution in [0.15, 0.2) is 0 Å². The molecule has 1 saturated carbocycles. The fourth-order valence-electron chi connectivity index (χ4n) is 0.961. The van der Waals surface area contributed by atoms with Gasteiger partial charge in [0, 0.05) is 0 Å². The lowest BCUT2D eigenvalue weighted by atomic mass is 10.2. The van der Waals surface area contributed by atoms with Gasteiger partial charge in [0.1, 0.15) is 0 Å². The second-order valence-electron chi connectivity index (χ2n) is 2.53. The van der Waals surface area contributed by atoms with Crippen molar-refractivity contribution in [3.8, 4) is 0 Å². The maximum absolute atomic E-state index is 10.7. The van der Waals surface area contributed by atoms with Crippen LogP contribution >= 0.6 is 0 Å². The first-order valence-electron chi connectivity index (χ1n) is 2.98. The average molecular weight is 191 g/mol. The van der Waals surface area contributed by atoms with Crippen LogP contribution in [0, 0.1) is 0 Å². The van der Waals surface area contributed by atoms with E-state index in [1.165, 1.54) is 0 Å². The van der Waals surface area contributed by atoms with E-state index in [-0.39, 0.29) is 0 Å². The maximum atomic E-state index is 10.7. The largest absolute Gasteiger partial charge is 0.479 e. The molecule has 0 aliphatic heterocycles. The molecule has 1 aliphatic carbocycles. The molecule has 5 N–H and O–H groups in total. The van der Waals surface area contributed by atoms with Crippen LogP contribution in [0.25, 0.3) is 0 Å². The number of ketones is 1. The summed E-state index contributed by atoms with van der Waals surface area (Å²) in [4.78, 5) is 34.7. The third kappa shape index (κ3) is 0.763. The van der Waals surface area contributed by atoms with Crippen molar-refractivity contribution in [1.82, 2.24) is 0 Å². The van der Waals surface area contributed by atoms with Crippen LogP contribution in [-0.2, 0) is 19.3 Å². The van der Waals surface area contributed by atoms with E-state index in [4.69, 9.17) is 21.2 Å². The van der Waals surface area contributed by atoms with E-state index in [9.17, 15) is 14.4 Å². The zero-order valence-corrected chi connectivity index (χ0v) is 6.05. The minimum atomic E-state index is -2.99. The molecule has 0 bridgehead atoms. The van der Waals surface area contributed by atoms with Crippen molar-refractivity contribution in [2.24, 2.45) is 5.73 Å². The minimum Gasteiger partial charge on any atom is -0.479 e. The number of carboxylic acids is 1. The standard InChI is InChI=1S/C5H5NO7/c6-4(3(10)13-12)1(7)5(4,11)2(8)9/h11-12H,6H2,(H,8,9)/t4-,5?/m1/s1. The molecule has 1 fully saturated rings. The number of Topliss-reactive ketones (excluding diaryl/α,β-unsaturated/α-hetero) is 1. The lowest BCUT2D eigenvalue weighted by Gasteiger charge is -2.05. The summed E-state index contributed by atoms with van der Waals surface area (Å²) in [5.74, 6) is -5.10. The first-order valence-corrected chi connectivity index (χ1v) is 2.98. The van der Waals surface area contributed by atoms with Gasteiger partial charge in [-0.25, -0.2) is 9.59 Å². The Balaban J connectivity index is 3.07. The van der Waals surface area contributed by atoms with Crippen LogP contribution < -0.4 is 5.73 Å². The molecule has 1 aliphatic rings. The Kier molecular flexibility index (Phi) is 1.66. The van der Waals surface area contributed by atoms with Crippen molar-refractivity contribution in [1.29, 1.82) is 0 Å². The van der Waals surface area contributed by atoms with E-state index in [2.05, 4.69) is 4.89 Å². The molecule has 8 heteroatoms. The van der Waals surface area contributed by atoms with Gasteiger partial charge in [-0.3, -0.25) is 9.68 Å². The van der Waals surface area contributed by atoms with Gasteiger partial charge in [-0.15, -0.1) is 0 Å². The summed E-state index contributed by atoms with van der Waals surface area (Å²) >= 11 is 0. The Labute approximate surface area is 70.4 Å². The summed E-state index contributed by atoms with van der Waals surface area (Å²) < 4.78 is 0. The highest BCUT2D eigenvalue weighted by molar-refractivity contribution is 6.39. The molecule has 8 nitrogen and oxygen atoms in total. The van der Waals surface area contributed by atoms with Gasteiger partial charge >= 0.3 is 11.9 Å². The summed E-state index contributed by atoms with van der Waals surface area (Å²) in [6.07, 6.45) is 0. The first-order chi connectivity index (χ1) is 5.83. The molecule has 0 saturated heterocycles. The summed E-state index contributed by atoms with van der Waals surface area (Å²) in [6, 6.07) is 0. The van der Waals surface area contributed by atoms with Crippen LogP contribution in [0.3, 0.4) is 0 Å². The molecule has 1 unspecified atom stereocenters. The van der Waals surface area contributed by atoms with E-state index in [1.54, 1.807) is 0 Å². The molecule has 0 amide bonds. The molecule has 0 spiro atoms. The van der Waals surface area contributed by atoms with Gasteiger partial charge in [-0.2, -0.15) is 5.26 Å². The molecule has 72 valence electrons. The summed E-state index contributed by atoms with van der Waals surface area (Å²) in [5.41, 5.74) is -0.785.